The molecule has 3 nitrogen and oxygen atoms in total. The van der Waals surface area contributed by atoms with Gasteiger partial charge >= 0.3 is 0 Å². The van der Waals surface area contributed by atoms with Crippen molar-refractivity contribution in [2.24, 2.45) is 0 Å². The fourth-order valence-corrected chi connectivity index (χ4v) is 2.57. The van der Waals surface area contributed by atoms with Crippen molar-refractivity contribution in [3.05, 3.63) is 46.7 Å². The van der Waals surface area contributed by atoms with Crippen LogP contribution < -0.4 is 14.2 Å². The molecule has 19 heavy (non-hydrogen) atoms. The third kappa shape index (κ3) is 2.58. The highest BCUT2D eigenvalue weighted by molar-refractivity contribution is 7.11. The van der Waals surface area contributed by atoms with E-state index in [1.807, 2.05) is 29.6 Å². The SMILES string of the molecule is C=C(c1cc(OC)c(OC)c(OC)c1)c1cccs1. The van der Waals surface area contributed by atoms with Crippen LogP contribution in [0.3, 0.4) is 0 Å². The maximum Gasteiger partial charge on any atom is 0.203 e. The van der Waals surface area contributed by atoms with Crippen LogP contribution in [0.5, 0.6) is 17.2 Å². The molecule has 0 spiro atoms. The summed E-state index contributed by atoms with van der Waals surface area (Å²) in [6, 6.07) is 7.85. The molecule has 4 heteroatoms. The monoisotopic (exact) mass is 276 g/mol. The van der Waals surface area contributed by atoms with Gasteiger partial charge in [-0.05, 0) is 34.7 Å². The molecule has 0 N–H and O–H groups in total. The first-order chi connectivity index (χ1) is 9.21. The van der Waals surface area contributed by atoms with E-state index in [1.54, 1.807) is 32.7 Å². The Bertz CT molecular complexity index is 548. The van der Waals surface area contributed by atoms with Crippen molar-refractivity contribution >= 4 is 16.9 Å². The van der Waals surface area contributed by atoms with Gasteiger partial charge in [-0.2, -0.15) is 0 Å². The summed E-state index contributed by atoms with van der Waals surface area (Å²) >= 11 is 1.65. The zero-order valence-electron chi connectivity index (χ0n) is 11.2. The summed E-state index contributed by atoms with van der Waals surface area (Å²) in [7, 11) is 4.80. The number of methoxy groups -OCH3 is 3. The highest BCUT2D eigenvalue weighted by atomic mass is 32.1. The molecule has 2 aromatic rings. The summed E-state index contributed by atoms with van der Waals surface area (Å²) in [4.78, 5) is 1.12. The van der Waals surface area contributed by atoms with Crippen LogP contribution in [0.1, 0.15) is 10.4 Å². The van der Waals surface area contributed by atoms with Gasteiger partial charge in [0.2, 0.25) is 5.75 Å². The quantitative estimate of drug-likeness (QED) is 0.830. The van der Waals surface area contributed by atoms with Crippen molar-refractivity contribution in [1.29, 1.82) is 0 Å². The molecule has 0 aliphatic carbocycles. The normalized spacial score (nSPS) is 10.1. The summed E-state index contributed by atoms with van der Waals surface area (Å²) in [5.74, 6) is 1.86. The van der Waals surface area contributed by atoms with E-state index < -0.39 is 0 Å². The lowest BCUT2D eigenvalue weighted by Gasteiger charge is -2.14. The lowest BCUT2D eigenvalue weighted by atomic mass is 10.0. The Kier molecular flexibility index (Phi) is 4.12. The van der Waals surface area contributed by atoms with Gasteiger partial charge in [-0.1, -0.05) is 12.6 Å². The Morgan fingerprint density at radius 3 is 2.11 bits per heavy atom. The third-order valence-electron chi connectivity index (χ3n) is 2.83. The van der Waals surface area contributed by atoms with Crippen LogP contribution in [0, 0.1) is 0 Å². The number of rotatable bonds is 5. The van der Waals surface area contributed by atoms with Crippen LogP contribution in [-0.2, 0) is 0 Å². The zero-order chi connectivity index (χ0) is 13.8. The van der Waals surface area contributed by atoms with Gasteiger partial charge in [0.25, 0.3) is 0 Å². The van der Waals surface area contributed by atoms with Crippen LogP contribution in [0.25, 0.3) is 5.57 Å². The molecule has 1 aromatic carbocycles. The summed E-state index contributed by atoms with van der Waals surface area (Å²) < 4.78 is 16.0. The molecule has 1 aromatic heterocycles. The van der Waals surface area contributed by atoms with Crippen molar-refractivity contribution in [2.75, 3.05) is 21.3 Å². The Labute approximate surface area is 117 Å². The Morgan fingerprint density at radius 2 is 1.68 bits per heavy atom. The highest BCUT2D eigenvalue weighted by Crippen LogP contribution is 2.41. The minimum absolute atomic E-state index is 0.590. The van der Waals surface area contributed by atoms with E-state index in [0.29, 0.717) is 17.2 Å². The van der Waals surface area contributed by atoms with E-state index in [1.165, 1.54) is 0 Å². The predicted octanol–water partition coefficient (Wildman–Crippen LogP) is 3.84. The van der Waals surface area contributed by atoms with Gasteiger partial charge in [0, 0.05) is 4.88 Å². The number of hydrogen-bond acceptors (Lipinski definition) is 4. The molecule has 100 valence electrons. The summed E-state index contributed by atoms with van der Waals surface area (Å²) in [6.45, 7) is 4.13. The van der Waals surface area contributed by atoms with Gasteiger partial charge in [-0.15, -0.1) is 11.3 Å². The molecule has 0 radical (unpaired) electrons. The number of ether oxygens (including phenoxy) is 3. The average molecular weight is 276 g/mol. The van der Waals surface area contributed by atoms with E-state index in [0.717, 1.165) is 16.0 Å². The highest BCUT2D eigenvalue weighted by Gasteiger charge is 2.15. The van der Waals surface area contributed by atoms with Crippen molar-refractivity contribution in [2.45, 2.75) is 0 Å². The number of thiophene rings is 1. The van der Waals surface area contributed by atoms with Crippen LogP contribution in [0.15, 0.2) is 36.2 Å². The molecule has 0 aliphatic heterocycles. The smallest absolute Gasteiger partial charge is 0.203 e. The van der Waals surface area contributed by atoms with Crippen LogP contribution >= 0.6 is 11.3 Å². The number of hydrogen-bond donors (Lipinski definition) is 0. The summed E-state index contributed by atoms with van der Waals surface area (Å²) in [5.41, 5.74) is 1.89. The van der Waals surface area contributed by atoms with Crippen LogP contribution in [-0.4, -0.2) is 21.3 Å². The van der Waals surface area contributed by atoms with Gasteiger partial charge in [0.05, 0.1) is 21.3 Å². The van der Waals surface area contributed by atoms with Crippen molar-refractivity contribution in [3.63, 3.8) is 0 Å². The van der Waals surface area contributed by atoms with Gasteiger partial charge in [-0.25, -0.2) is 0 Å². The van der Waals surface area contributed by atoms with Gasteiger partial charge < -0.3 is 14.2 Å². The number of benzene rings is 1. The molecule has 0 aliphatic rings. The first-order valence-corrected chi connectivity index (χ1v) is 6.62. The molecule has 0 saturated carbocycles. The van der Waals surface area contributed by atoms with E-state index in [4.69, 9.17) is 14.2 Å². The largest absolute Gasteiger partial charge is 0.493 e. The molecule has 0 amide bonds. The van der Waals surface area contributed by atoms with Crippen molar-refractivity contribution < 1.29 is 14.2 Å². The van der Waals surface area contributed by atoms with E-state index in [9.17, 15) is 0 Å². The van der Waals surface area contributed by atoms with E-state index in [-0.39, 0.29) is 0 Å². The molecule has 0 fully saturated rings. The topological polar surface area (TPSA) is 27.7 Å². The molecular formula is C15H16O3S. The standard InChI is InChI=1S/C15H16O3S/c1-10(14-6-5-7-19-14)11-8-12(16-2)15(18-4)13(9-11)17-3/h5-9H,1H2,2-4H3. The Hall–Kier alpha value is -1.94. The van der Waals surface area contributed by atoms with Gasteiger partial charge in [0.1, 0.15) is 0 Å². The van der Waals surface area contributed by atoms with E-state index in [2.05, 4.69) is 6.58 Å². The first-order valence-electron chi connectivity index (χ1n) is 5.74. The van der Waals surface area contributed by atoms with Gasteiger partial charge in [0.15, 0.2) is 11.5 Å². The summed E-state index contributed by atoms with van der Waals surface area (Å²) in [5, 5.41) is 2.03. The maximum atomic E-state index is 5.34. The average Bonchev–Trinajstić information content (AvgIpc) is 2.98. The van der Waals surface area contributed by atoms with Crippen molar-refractivity contribution in [1.82, 2.24) is 0 Å². The lowest BCUT2D eigenvalue weighted by molar-refractivity contribution is 0.324. The maximum absolute atomic E-state index is 5.34. The predicted molar refractivity (Wildman–Crippen MR) is 78.6 cm³/mol. The second kappa shape index (κ2) is 5.80. The van der Waals surface area contributed by atoms with Crippen molar-refractivity contribution in [3.8, 4) is 17.2 Å². The molecule has 0 bridgehead atoms. The molecule has 1 heterocycles. The molecule has 0 atom stereocenters. The minimum atomic E-state index is 0.590. The minimum Gasteiger partial charge on any atom is -0.493 e. The lowest BCUT2D eigenvalue weighted by Crippen LogP contribution is -1.96. The fraction of sp³-hybridized carbons (Fsp3) is 0.200. The van der Waals surface area contributed by atoms with Gasteiger partial charge in [-0.3, -0.25) is 0 Å². The Morgan fingerprint density at radius 1 is 1.05 bits per heavy atom. The van der Waals surface area contributed by atoms with Crippen LogP contribution in [0.4, 0.5) is 0 Å². The summed E-state index contributed by atoms with van der Waals surface area (Å²) in [6.07, 6.45) is 0. The second-order valence-corrected chi connectivity index (χ2v) is 4.82. The second-order valence-electron chi connectivity index (χ2n) is 3.87. The zero-order valence-corrected chi connectivity index (χ0v) is 12.0. The fourth-order valence-electron chi connectivity index (χ4n) is 1.85. The third-order valence-corrected chi connectivity index (χ3v) is 3.76. The van der Waals surface area contributed by atoms with E-state index >= 15 is 0 Å². The van der Waals surface area contributed by atoms with Crippen LogP contribution in [0.2, 0.25) is 0 Å². The molecule has 0 saturated heterocycles. The molecule has 2 rings (SSSR count). The molecule has 0 unspecified atom stereocenters. The molecular weight excluding hydrogens is 260 g/mol. The Balaban J connectivity index is 2.50. The first kappa shape index (κ1) is 13.5.